The van der Waals surface area contributed by atoms with Gasteiger partial charge < -0.3 is 15.2 Å². The first-order chi connectivity index (χ1) is 9.81. The molecule has 2 N–H and O–H groups in total. The summed E-state index contributed by atoms with van der Waals surface area (Å²) in [4.78, 5) is 4.67. The molecule has 1 atom stereocenters. The van der Waals surface area contributed by atoms with Crippen LogP contribution in [0.1, 0.15) is 57.2 Å². The Kier molecular flexibility index (Phi) is 5.41. The number of aromatic nitrogens is 1. The third kappa shape index (κ3) is 4.74. The number of nitrogens with one attached hydrogen (secondary N) is 1. The Bertz CT molecular complexity index is 447. The number of hydrogen-bond acceptors (Lipinski definition) is 5. The van der Waals surface area contributed by atoms with E-state index in [1.165, 1.54) is 17.8 Å². The van der Waals surface area contributed by atoms with Crippen LogP contribution in [0.15, 0.2) is 5.38 Å². The van der Waals surface area contributed by atoms with Gasteiger partial charge in [-0.05, 0) is 40.5 Å². The van der Waals surface area contributed by atoms with Gasteiger partial charge in [0.1, 0.15) is 5.01 Å². The van der Waals surface area contributed by atoms with E-state index in [-0.39, 0.29) is 11.1 Å². The predicted octanol–water partition coefficient (Wildman–Crippen LogP) is 2.99. The van der Waals surface area contributed by atoms with Crippen molar-refractivity contribution in [3.05, 3.63) is 16.1 Å². The van der Waals surface area contributed by atoms with Crippen LogP contribution in [-0.2, 0) is 10.3 Å². The second-order valence-electron chi connectivity index (χ2n) is 7.04. The Morgan fingerprint density at radius 1 is 1.43 bits per heavy atom. The first kappa shape index (κ1) is 16.9. The summed E-state index contributed by atoms with van der Waals surface area (Å²) in [5.41, 5.74) is 0.833. The molecular formula is C16H28N2O2S. The van der Waals surface area contributed by atoms with Crippen molar-refractivity contribution < 1.29 is 9.84 Å². The van der Waals surface area contributed by atoms with Gasteiger partial charge in [-0.3, -0.25) is 0 Å². The van der Waals surface area contributed by atoms with Crippen molar-refractivity contribution in [2.24, 2.45) is 0 Å². The maximum absolute atomic E-state index is 10.1. The van der Waals surface area contributed by atoms with Gasteiger partial charge in [-0.15, -0.1) is 11.3 Å². The van der Waals surface area contributed by atoms with Gasteiger partial charge in [0.15, 0.2) is 0 Å². The molecule has 0 amide bonds. The summed E-state index contributed by atoms with van der Waals surface area (Å²) >= 11 is 1.73. The van der Waals surface area contributed by atoms with Crippen molar-refractivity contribution in [2.75, 3.05) is 13.2 Å². The topological polar surface area (TPSA) is 54.4 Å². The molecule has 0 radical (unpaired) electrons. The summed E-state index contributed by atoms with van der Waals surface area (Å²) in [6.45, 7) is 8.96. The first-order valence-electron chi connectivity index (χ1n) is 7.80. The Morgan fingerprint density at radius 3 is 2.62 bits per heavy atom. The van der Waals surface area contributed by atoms with Crippen LogP contribution >= 0.6 is 11.3 Å². The minimum absolute atomic E-state index is 0.0400. The molecule has 21 heavy (non-hydrogen) atoms. The Balaban J connectivity index is 1.92. The Morgan fingerprint density at radius 2 is 2.10 bits per heavy atom. The van der Waals surface area contributed by atoms with E-state index >= 15 is 0 Å². The Hall–Kier alpha value is -0.490. The average molecular weight is 312 g/mol. The van der Waals surface area contributed by atoms with E-state index in [0.717, 1.165) is 18.5 Å². The number of nitrogens with zero attached hydrogens (tertiary/aromatic N) is 1. The van der Waals surface area contributed by atoms with Gasteiger partial charge >= 0.3 is 0 Å². The van der Waals surface area contributed by atoms with Crippen molar-refractivity contribution >= 4 is 11.3 Å². The largest absolute Gasteiger partial charge is 0.389 e. The molecule has 0 spiro atoms. The van der Waals surface area contributed by atoms with Crippen LogP contribution in [-0.4, -0.2) is 34.9 Å². The summed E-state index contributed by atoms with van der Waals surface area (Å²) in [5.74, 6) is 0. The number of ether oxygens (including phenoxy) is 1. The van der Waals surface area contributed by atoms with Crippen molar-refractivity contribution in [1.29, 1.82) is 0 Å². The molecule has 1 saturated carbocycles. The number of hydrogen-bond donors (Lipinski definition) is 2. The van der Waals surface area contributed by atoms with Crippen LogP contribution in [0.5, 0.6) is 0 Å². The van der Waals surface area contributed by atoms with Gasteiger partial charge in [-0.2, -0.15) is 0 Å². The lowest BCUT2D eigenvalue weighted by molar-refractivity contribution is -0.0494. The predicted molar refractivity (Wildman–Crippen MR) is 86.7 cm³/mol. The molecule has 0 saturated heterocycles. The summed E-state index contributed by atoms with van der Waals surface area (Å²) in [5, 5.41) is 17.0. The van der Waals surface area contributed by atoms with Crippen molar-refractivity contribution in [1.82, 2.24) is 10.3 Å². The zero-order valence-electron chi connectivity index (χ0n) is 13.6. The van der Waals surface area contributed by atoms with E-state index in [9.17, 15) is 5.11 Å². The highest BCUT2D eigenvalue weighted by Gasteiger charge is 2.38. The fourth-order valence-electron chi connectivity index (χ4n) is 2.74. The van der Waals surface area contributed by atoms with E-state index in [4.69, 9.17) is 4.74 Å². The summed E-state index contributed by atoms with van der Waals surface area (Å²) in [6, 6.07) is 0. The number of aliphatic hydroxyl groups is 1. The monoisotopic (exact) mass is 312 g/mol. The molecule has 5 heteroatoms. The standard InChI is InChI=1S/C16H28N2O2S/c1-12-11-21-14(18-12)16(7-5-6-8-16)17-9-13(19)10-20-15(2,3)4/h11,13,17,19H,5-10H2,1-4H3. The number of aliphatic hydroxyl groups excluding tert-OH is 1. The second-order valence-corrected chi connectivity index (χ2v) is 7.90. The molecule has 4 nitrogen and oxygen atoms in total. The van der Waals surface area contributed by atoms with Gasteiger partial charge in [0.05, 0.1) is 23.9 Å². The second kappa shape index (κ2) is 6.73. The molecule has 1 aliphatic rings. The lowest BCUT2D eigenvalue weighted by Gasteiger charge is -2.30. The van der Waals surface area contributed by atoms with Crippen LogP contribution in [0.2, 0.25) is 0 Å². The zero-order valence-corrected chi connectivity index (χ0v) is 14.4. The van der Waals surface area contributed by atoms with E-state index in [1.54, 1.807) is 11.3 Å². The third-order valence-electron chi connectivity index (χ3n) is 3.87. The fourth-order valence-corrected chi connectivity index (χ4v) is 3.77. The van der Waals surface area contributed by atoms with Gasteiger partial charge in [-0.1, -0.05) is 12.8 Å². The maximum Gasteiger partial charge on any atom is 0.113 e. The molecule has 1 unspecified atom stereocenters. The van der Waals surface area contributed by atoms with Gasteiger partial charge in [-0.25, -0.2) is 4.98 Å². The molecule has 1 fully saturated rings. The average Bonchev–Trinajstić information content (AvgIpc) is 3.02. The third-order valence-corrected chi connectivity index (χ3v) is 5.03. The molecule has 1 heterocycles. The van der Waals surface area contributed by atoms with E-state index < -0.39 is 6.10 Å². The van der Waals surface area contributed by atoms with Crippen molar-refractivity contribution in [2.45, 2.75) is 70.6 Å². The molecule has 0 bridgehead atoms. The molecule has 120 valence electrons. The summed E-state index contributed by atoms with van der Waals surface area (Å²) in [6.07, 6.45) is 4.17. The molecule has 0 aliphatic heterocycles. The molecule has 0 aromatic carbocycles. The normalized spacial score (nSPS) is 19.9. The van der Waals surface area contributed by atoms with Crippen LogP contribution in [0.3, 0.4) is 0 Å². The first-order valence-corrected chi connectivity index (χ1v) is 8.68. The number of rotatable bonds is 6. The smallest absolute Gasteiger partial charge is 0.113 e. The Labute approximate surface area is 131 Å². The quantitative estimate of drug-likeness (QED) is 0.848. The van der Waals surface area contributed by atoms with E-state index in [2.05, 4.69) is 15.7 Å². The van der Waals surface area contributed by atoms with Crippen LogP contribution in [0.4, 0.5) is 0 Å². The maximum atomic E-state index is 10.1. The lowest BCUT2D eigenvalue weighted by Crippen LogP contribution is -2.45. The van der Waals surface area contributed by atoms with Crippen LogP contribution < -0.4 is 5.32 Å². The molecule has 2 rings (SSSR count). The zero-order chi connectivity index (χ0) is 15.5. The molecule has 1 aromatic rings. The van der Waals surface area contributed by atoms with Crippen LogP contribution in [0.25, 0.3) is 0 Å². The lowest BCUT2D eigenvalue weighted by atomic mass is 9.98. The van der Waals surface area contributed by atoms with Gasteiger partial charge in [0, 0.05) is 17.6 Å². The van der Waals surface area contributed by atoms with Crippen molar-refractivity contribution in [3.8, 4) is 0 Å². The highest BCUT2D eigenvalue weighted by Crippen LogP contribution is 2.40. The van der Waals surface area contributed by atoms with E-state index in [0.29, 0.717) is 13.2 Å². The van der Waals surface area contributed by atoms with Crippen molar-refractivity contribution in [3.63, 3.8) is 0 Å². The highest BCUT2D eigenvalue weighted by atomic mass is 32.1. The van der Waals surface area contributed by atoms with Crippen LogP contribution in [0, 0.1) is 6.92 Å². The summed E-state index contributed by atoms with van der Waals surface area (Å²) < 4.78 is 5.65. The molecule has 1 aromatic heterocycles. The summed E-state index contributed by atoms with van der Waals surface area (Å²) in [7, 11) is 0. The number of aryl methyl sites for hydroxylation is 1. The van der Waals surface area contributed by atoms with E-state index in [1.807, 2.05) is 27.7 Å². The molecular weight excluding hydrogens is 284 g/mol. The fraction of sp³-hybridized carbons (Fsp3) is 0.812. The SMILES string of the molecule is Cc1csc(C2(NCC(O)COC(C)(C)C)CCCC2)n1. The highest BCUT2D eigenvalue weighted by molar-refractivity contribution is 7.09. The minimum Gasteiger partial charge on any atom is -0.389 e. The number of thiazole rings is 1. The molecule has 1 aliphatic carbocycles. The minimum atomic E-state index is -0.484. The van der Waals surface area contributed by atoms with Gasteiger partial charge in [0.25, 0.3) is 0 Å². The van der Waals surface area contributed by atoms with Gasteiger partial charge in [0.2, 0.25) is 0 Å².